The Morgan fingerprint density at radius 3 is 2.55 bits per heavy atom. The molecule has 3 atom stereocenters. The number of hydrogen-bond donors (Lipinski definition) is 1. The van der Waals surface area contributed by atoms with Crippen LogP contribution in [-0.2, 0) is 20.9 Å². The molecule has 0 radical (unpaired) electrons. The van der Waals surface area contributed by atoms with Gasteiger partial charge in [-0.1, -0.05) is 36.4 Å². The second-order valence-electron chi connectivity index (χ2n) is 8.53. The van der Waals surface area contributed by atoms with Crippen LogP contribution in [0.1, 0.15) is 24.6 Å². The van der Waals surface area contributed by atoms with E-state index in [1.165, 1.54) is 11.8 Å². The number of allylic oxidation sites excluding steroid dienone is 2. The third-order valence-electron chi connectivity index (χ3n) is 6.62. The number of carboxylic acid groups (broad SMARTS) is 1. The third kappa shape index (κ3) is 4.05. The van der Waals surface area contributed by atoms with E-state index in [4.69, 9.17) is 0 Å². The second-order valence-corrected chi connectivity index (χ2v) is 8.53. The van der Waals surface area contributed by atoms with Gasteiger partial charge in [0.05, 0.1) is 6.04 Å². The number of pyridine rings is 1. The normalized spacial score (nSPS) is 23.3. The Morgan fingerprint density at radius 1 is 1.12 bits per heavy atom. The first-order valence-corrected chi connectivity index (χ1v) is 10.7. The first-order valence-electron chi connectivity index (χ1n) is 10.7. The summed E-state index contributed by atoms with van der Waals surface area (Å²) >= 11 is 0. The van der Waals surface area contributed by atoms with Crippen LogP contribution in [0.5, 0.6) is 0 Å². The van der Waals surface area contributed by atoms with Crippen LogP contribution in [0.15, 0.2) is 72.1 Å². The van der Waals surface area contributed by atoms with Crippen LogP contribution in [0.2, 0.25) is 0 Å². The predicted molar refractivity (Wildman–Crippen MR) is 123 cm³/mol. The number of carboxylic acids is 1. The Kier molecular flexibility index (Phi) is 6.56. The van der Waals surface area contributed by atoms with Gasteiger partial charge in [-0.05, 0) is 18.1 Å². The van der Waals surface area contributed by atoms with Gasteiger partial charge in [0.25, 0.3) is 5.91 Å². The summed E-state index contributed by atoms with van der Waals surface area (Å²) in [7, 11) is 0. The average molecular weight is 454 g/mol. The molecule has 33 heavy (non-hydrogen) atoms. The standard InChI is InChI=1S/C25H23N3O4.Na.H/c1-16(29)27-15-19-13-18(22(25(31)32)28-21(19)23(27)24(28)30)10-11-20-9-5-6-12-26(20)14-17-7-3-2-4-8-17;;/h2-12,19,21,23H,13-15H2,1H3;;/p+1/t19-,21-,23+;;/m1../s1. The number of amides is 2. The van der Waals surface area contributed by atoms with E-state index in [1.54, 1.807) is 4.90 Å². The molecule has 164 valence electrons. The molecule has 3 aliphatic rings. The molecule has 5 rings (SSSR count). The van der Waals surface area contributed by atoms with Crippen molar-refractivity contribution < 1.29 is 24.1 Å². The van der Waals surface area contributed by atoms with E-state index in [-0.39, 0.29) is 59.0 Å². The van der Waals surface area contributed by atoms with Gasteiger partial charge in [-0.25, -0.2) is 4.79 Å². The van der Waals surface area contributed by atoms with Crippen molar-refractivity contribution in [3.8, 4) is 0 Å². The molecular weight excluding hydrogens is 429 g/mol. The van der Waals surface area contributed by atoms with Gasteiger partial charge in [0.2, 0.25) is 11.6 Å². The van der Waals surface area contributed by atoms with Crippen LogP contribution in [0.25, 0.3) is 6.08 Å². The van der Waals surface area contributed by atoms with E-state index in [0.29, 0.717) is 25.1 Å². The Bertz CT molecular complexity index is 1180. The van der Waals surface area contributed by atoms with E-state index in [1.807, 2.05) is 54.7 Å². The Hall–Kier alpha value is -2.74. The molecule has 1 aromatic carbocycles. The molecule has 0 aliphatic carbocycles. The quantitative estimate of drug-likeness (QED) is 0.418. The Balaban J connectivity index is 0.00000259. The summed E-state index contributed by atoms with van der Waals surface area (Å²) in [6.07, 6.45) is 6.23. The van der Waals surface area contributed by atoms with Crippen LogP contribution in [0, 0.1) is 5.92 Å². The van der Waals surface area contributed by atoms with Crippen LogP contribution < -0.4 is 4.57 Å². The Labute approximate surface area is 214 Å². The molecule has 0 saturated carbocycles. The van der Waals surface area contributed by atoms with Gasteiger partial charge in [0.15, 0.2) is 12.7 Å². The zero-order valence-electron chi connectivity index (χ0n) is 17.7. The maximum absolute atomic E-state index is 12.8. The number of rotatable bonds is 5. The fraction of sp³-hybridized carbons (Fsp3) is 0.280. The minimum absolute atomic E-state index is 0. The van der Waals surface area contributed by atoms with Crippen LogP contribution in [0.3, 0.4) is 0 Å². The van der Waals surface area contributed by atoms with E-state index < -0.39 is 12.0 Å². The topological polar surface area (TPSA) is 81.8 Å². The molecule has 4 heterocycles. The first-order chi connectivity index (χ1) is 15.5. The van der Waals surface area contributed by atoms with Crippen LogP contribution in [0.4, 0.5) is 0 Å². The van der Waals surface area contributed by atoms with Gasteiger partial charge >= 0.3 is 35.5 Å². The van der Waals surface area contributed by atoms with Crippen LogP contribution >= 0.6 is 0 Å². The number of hydrogen-bond acceptors (Lipinski definition) is 3. The molecular formula is C25H25N3NaO4+. The average Bonchev–Trinajstić information content (AvgIpc) is 3.15. The zero-order chi connectivity index (χ0) is 22.4. The number of nitrogens with zero attached hydrogens (tertiary/aromatic N) is 3. The van der Waals surface area contributed by atoms with Crippen LogP contribution in [-0.4, -0.2) is 80.9 Å². The summed E-state index contributed by atoms with van der Waals surface area (Å²) in [5.41, 5.74) is 2.75. The number of carbonyl (C=O) groups excluding carboxylic acids is 2. The SMILES string of the molecule is CC(=O)N1C[C@H]2CC(/C=C/c3cccc[n+]3Cc3ccccc3)=C(C(=O)O)N3C(=O)[C@@H]1[C@@H]23.[NaH]. The molecule has 0 unspecified atom stereocenters. The van der Waals surface area contributed by atoms with Crippen molar-refractivity contribution in [1.82, 2.24) is 9.80 Å². The number of likely N-dealkylation sites (tertiary alicyclic amines) is 1. The summed E-state index contributed by atoms with van der Waals surface area (Å²) < 4.78 is 2.09. The molecule has 1 aromatic heterocycles. The van der Waals surface area contributed by atoms with E-state index >= 15 is 0 Å². The first kappa shape index (κ1) is 23.4. The van der Waals surface area contributed by atoms with Gasteiger partial charge in [0, 0.05) is 43.2 Å². The summed E-state index contributed by atoms with van der Waals surface area (Å²) in [4.78, 5) is 39.8. The summed E-state index contributed by atoms with van der Waals surface area (Å²) in [6.45, 7) is 2.63. The third-order valence-corrected chi connectivity index (χ3v) is 6.62. The number of aliphatic carboxylic acids is 1. The molecule has 0 spiro atoms. The zero-order valence-corrected chi connectivity index (χ0v) is 17.7. The van der Waals surface area contributed by atoms with Gasteiger partial charge in [0.1, 0.15) is 11.7 Å². The van der Waals surface area contributed by atoms with E-state index in [0.717, 1.165) is 11.3 Å². The van der Waals surface area contributed by atoms with Gasteiger partial charge in [-0.2, -0.15) is 4.57 Å². The molecule has 2 fully saturated rings. The number of benzene rings is 1. The minimum atomic E-state index is -1.11. The number of aromatic nitrogens is 1. The maximum atomic E-state index is 12.8. The van der Waals surface area contributed by atoms with Gasteiger partial charge in [-0.3, -0.25) is 14.5 Å². The summed E-state index contributed by atoms with van der Waals surface area (Å²) in [6, 6.07) is 15.2. The summed E-state index contributed by atoms with van der Waals surface area (Å²) in [5.74, 6) is -1.50. The number of β-lactam (4-membered cyclic amide) rings is 1. The van der Waals surface area contributed by atoms with Crippen molar-refractivity contribution >= 4 is 53.4 Å². The summed E-state index contributed by atoms with van der Waals surface area (Å²) in [5, 5.41) is 9.89. The Morgan fingerprint density at radius 2 is 1.85 bits per heavy atom. The van der Waals surface area contributed by atoms with E-state index in [2.05, 4.69) is 16.7 Å². The van der Waals surface area contributed by atoms with Crippen molar-refractivity contribution in [3.63, 3.8) is 0 Å². The molecule has 0 bridgehead atoms. The predicted octanol–water partition coefficient (Wildman–Crippen LogP) is 1.19. The van der Waals surface area contributed by atoms with Crippen molar-refractivity contribution in [1.29, 1.82) is 0 Å². The molecule has 8 heteroatoms. The van der Waals surface area contributed by atoms with Gasteiger partial charge < -0.3 is 10.0 Å². The second kappa shape index (κ2) is 9.25. The fourth-order valence-electron chi connectivity index (χ4n) is 5.20. The van der Waals surface area contributed by atoms with Gasteiger partial charge in [-0.15, -0.1) is 0 Å². The molecule has 2 amide bonds. The fourth-order valence-corrected chi connectivity index (χ4v) is 5.20. The molecule has 3 aliphatic heterocycles. The monoisotopic (exact) mass is 454 g/mol. The van der Waals surface area contributed by atoms with Crippen molar-refractivity contribution in [2.24, 2.45) is 5.92 Å². The van der Waals surface area contributed by atoms with Crippen molar-refractivity contribution in [2.75, 3.05) is 6.54 Å². The van der Waals surface area contributed by atoms with Crippen molar-refractivity contribution in [2.45, 2.75) is 32.0 Å². The van der Waals surface area contributed by atoms with Crippen molar-refractivity contribution in [3.05, 3.63) is 83.3 Å². The molecule has 2 saturated heterocycles. The molecule has 1 N–H and O–H groups in total. The molecule has 7 nitrogen and oxygen atoms in total. The molecule has 2 aromatic rings. The number of carbonyl (C=O) groups is 3. The van der Waals surface area contributed by atoms with E-state index in [9.17, 15) is 19.5 Å².